The summed E-state index contributed by atoms with van der Waals surface area (Å²) in [4.78, 5) is 7.02. The van der Waals surface area contributed by atoms with Crippen LogP contribution in [0.4, 0.5) is 0 Å². The SMILES string of the molecule is Cc1noc(-c2ccc(Cc3ccc4c(c3)CCN(C3CCC3)CC4)cc2)n1. The molecule has 1 aliphatic carbocycles. The summed E-state index contributed by atoms with van der Waals surface area (Å²) in [6.07, 6.45) is 7.58. The first-order valence-electron chi connectivity index (χ1n) is 10.5. The fourth-order valence-corrected chi connectivity index (χ4v) is 4.44. The first-order chi connectivity index (χ1) is 13.7. The van der Waals surface area contributed by atoms with Crippen LogP contribution in [0.5, 0.6) is 0 Å². The summed E-state index contributed by atoms with van der Waals surface area (Å²) in [6.45, 7) is 4.29. The molecule has 5 rings (SSSR count). The normalized spacial score (nSPS) is 17.8. The van der Waals surface area contributed by atoms with E-state index in [9.17, 15) is 0 Å². The van der Waals surface area contributed by atoms with Gasteiger partial charge >= 0.3 is 0 Å². The monoisotopic (exact) mass is 373 g/mol. The fraction of sp³-hybridized carbons (Fsp3) is 0.417. The second kappa shape index (κ2) is 7.51. The highest BCUT2D eigenvalue weighted by molar-refractivity contribution is 5.53. The van der Waals surface area contributed by atoms with Crippen LogP contribution in [-0.2, 0) is 19.3 Å². The highest BCUT2D eigenvalue weighted by atomic mass is 16.5. The van der Waals surface area contributed by atoms with Crippen LogP contribution in [0.15, 0.2) is 47.0 Å². The number of aromatic nitrogens is 2. The third-order valence-corrected chi connectivity index (χ3v) is 6.34. The van der Waals surface area contributed by atoms with E-state index < -0.39 is 0 Å². The van der Waals surface area contributed by atoms with Gasteiger partial charge in [-0.15, -0.1) is 0 Å². The molecule has 2 heterocycles. The van der Waals surface area contributed by atoms with Gasteiger partial charge < -0.3 is 4.52 Å². The van der Waals surface area contributed by atoms with E-state index in [0.29, 0.717) is 11.7 Å². The van der Waals surface area contributed by atoms with Crippen molar-refractivity contribution in [1.82, 2.24) is 15.0 Å². The van der Waals surface area contributed by atoms with E-state index in [1.54, 1.807) is 11.1 Å². The van der Waals surface area contributed by atoms with Crippen molar-refractivity contribution in [1.29, 1.82) is 0 Å². The molecule has 1 aromatic heterocycles. The van der Waals surface area contributed by atoms with Crippen LogP contribution >= 0.6 is 0 Å². The Kier molecular flexibility index (Phi) is 4.73. The number of hydrogen-bond acceptors (Lipinski definition) is 4. The summed E-state index contributed by atoms with van der Waals surface area (Å²) in [5.41, 5.74) is 6.79. The largest absolute Gasteiger partial charge is 0.334 e. The molecular weight excluding hydrogens is 346 g/mol. The molecule has 0 atom stereocenters. The van der Waals surface area contributed by atoms with Gasteiger partial charge in [0.2, 0.25) is 0 Å². The van der Waals surface area contributed by atoms with Crippen LogP contribution in [0.2, 0.25) is 0 Å². The third kappa shape index (κ3) is 3.61. The van der Waals surface area contributed by atoms with Gasteiger partial charge in [0.15, 0.2) is 5.82 Å². The van der Waals surface area contributed by atoms with Gasteiger partial charge in [-0.1, -0.05) is 41.9 Å². The van der Waals surface area contributed by atoms with Crippen LogP contribution in [0.3, 0.4) is 0 Å². The summed E-state index contributed by atoms with van der Waals surface area (Å²) in [5.74, 6) is 1.25. The van der Waals surface area contributed by atoms with Crippen LogP contribution in [-0.4, -0.2) is 34.2 Å². The van der Waals surface area contributed by atoms with E-state index in [4.69, 9.17) is 4.52 Å². The first kappa shape index (κ1) is 17.6. The van der Waals surface area contributed by atoms with Gasteiger partial charge in [0, 0.05) is 24.7 Å². The summed E-state index contributed by atoms with van der Waals surface area (Å²) in [6, 6.07) is 16.4. The van der Waals surface area contributed by atoms with E-state index in [2.05, 4.69) is 57.5 Å². The van der Waals surface area contributed by atoms with Gasteiger partial charge in [0.25, 0.3) is 5.89 Å². The Morgan fingerprint density at radius 3 is 2.39 bits per heavy atom. The predicted molar refractivity (Wildman–Crippen MR) is 110 cm³/mol. The Hall–Kier alpha value is -2.46. The zero-order chi connectivity index (χ0) is 18.9. The molecule has 4 nitrogen and oxygen atoms in total. The number of rotatable bonds is 4. The van der Waals surface area contributed by atoms with Gasteiger partial charge in [0.05, 0.1) is 0 Å². The van der Waals surface area contributed by atoms with Crippen molar-refractivity contribution in [2.24, 2.45) is 0 Å². The quantitative estimate of drug-likeness (QED) is 0.671. The Morgan fingerprint density at radius 2 is 1.71 bits per heavy atom. The summed E-state index contributed by atoms with van der Waals surface area (Å²) in [7, 11) is 0. The molecule has 2 aromatic carbocycles. The lowest BCUT2D eigenvalue weighted by Gasteiger charge is -2.36. The van der Waals surface area contributed by atoms with Gasteiger partial charge in [-0.05, 0) is 73.4 Å². The number of hydrogen-bond donors (Lipinski definition) is 0. The van der Waals surface area contributed by atoms with E-state index in [1.807, 2.05) is 6.92 Å². The average Bonchev–Trinajstić information content (AvgIpc) is 3.00. The number of benzene rings is 2. The first-order valence-corrected chi connectivity index (χ1v) is 10.5. The molecule has 0 saturated heterocycles. The third-order valence-electron chi connectivity index (χ3n) is 6.34. The van der Waals surface area contributed by atoms with Gasteiger partial charge in [-0.3, -0.25) is 4.90 Å². The molecule has 3 aromatic rings. The molecule has 0 spiro atoms. The molecular formula is C24H27N3O. The Morgan fingerprint density at radius 1 is 0.964 bits per heavy atom. The molecule has 0 amide bonds. The van der Waals surface area contributed by atoms with Crippen molar-refractivity contribution in [3.63, 3.8) is 0 Å². The Bertz CT molecular complexity index is 956. The van der Waals surface area contributed by atoms with Crippen LogP contribution in [0.1, 0.15) is 47.3 Å². The van der Waals surface area contributed by atoms with E-state index in [-0.39, 0.29) is 0 Å². The Balaban J connectivity index is 1.28. The second-order valence-electron chi connectivity index (χ2n) is 8.24. The van der Waals surface area contributed by atoms with Crippen LogP contribution in [0.25, 0.3) is 11.5 Å². The topological polar surface area (TPSA) is 42.2 Å². The highest BCUT2D eigenvalue weighted by Crippen LogP contribution is 2.28. The Labute approximate surface area is 166 Å². The predicted octanol–water partition coefficient (Wildman–Crippen LogP) is 4.59. The molecule has 28 heavy (non-hydrogen) atoms. The zero-order valence-corrected chi connectivity index (χ0v) is 16.5. The van der Waals surface area contributed by atoms with Crippen LogP contribution in [0, 0.1) is 6.92 Å². The maximum atomic E-state index is 5.26. The fourth-order valence-electron chi connectivity index (χ4n) is 4.44. The standard InChI is InChI=1S/C24H27N3O/c1-17-25-24(28-26-17)21-9-5-18(6-10-21)15-19-7-8-20-11-13-27(23-3-2-4-23)14-12-22(20)16-19/h5-10,16,23H,2-4,11-15H2,1H3. The molecule has 2 aliphatic rings. The van der Waals surface area contributed by atoms with Crippen molar-refractivity contribution in [2.45, 2.75) is 51.5 Å². The van der Waals surface area contributed by atoms with E-state index >= 15 is 0 Å². The van der Waals surface area contributed by atoms with Crippen molar-refractivity contribution in [3.8, 4) is 11.5 Å². The number of nitrogens with zero attached hydrogens (tertiary/aromatic N) is 3. The molecule has 0 radical (unpaired) electrons. The van der Waals surface area contributed by atoms with Gasteiger partial charge in [0.1, 0.15) is 0 Å². The number of aryl methyl sites for hydroxylation is 1. The lowest BCUT2D eigenvalue weighted by molar-refractivity contribution is 0.133. The number of fused-ring (bicyclic) bond motifs is 1. The maximum absolute atomic E-state index is 5.26. The minimum absolute atomic E-state index is 0.588. The van der Waals surface area contributed by atoms with Crippen molar-refractivity contribution >= 4 is 0 Å². The van der Waals surface area contributed by atoms with Crippen LogP contribution < -0.4 is 0 Å². The van der Waals surface area contributed by atoms with Crippen molar-refractivity contribution < 1.29 is 4.52 Å². The molecule has 0 unspecified atom stereocenters. The highest BCUT2D eigenvalue weighted by Gasteiger charge is 2.26. The minimum Gasteiger partial charge on any atom is -0.334 e. The van der Waals surface area contributed by atoms with E-state index in [1.165, 1.54) is 56.3 Å². The lowest BCUT2D eigenvalue weighted by Crippen LogP contribution is -2.41. The summed E-state index contributed by atoms with van der Waals surface area (Å²) in [5, 5.41) is 3.87. The van der Waals surface area contributed by atoms with Gasteiger partial charge in [-0.25, -0.2) is 0 Å². The zero-order valence-electron chi connectivity index (χ0n) is 16.5. The summed E-state index contributed by atoms with van der Waals surface area (Å²) >= 11 is 0. The molecule has 1 fully saturated rings. The maximum Gasteiger partial charge on any atom is 0.257 e. The molecule has 4 heteroatoms. The second-order valence-corrected chi connectivity index (χ2v) is 8.24. The molecule has 144 valence electrons. The van der Waals surface area contributed by atoms with Crippen molar-refractivity contribution in [3.05, 3.63) is 70.5 Å². The molecule has 0 bridgehead atoms. The molecule has 1 saturated carbocycles. The lowest BCUT2D eigenvalue weighted by atomic mass is 9.91. The van der Waals surface area contributed by atoms with E-state index in [0.717, 1.165) is 18.0 Å². The summed E-state index contributed by atoms with van der Waals surface area (Å²) < 4.78 is 5.26. The molecule has 0 N–H and O–H groups in total. The molecule has 1 aliphatic heterocycles. The average molecular weight is 374 g/mol. The minimum atomic E-state index is 0.588. The van der Waals surface area contributed by atoms with Gasteiger partial charge in [-0.2, -0.15) is 4.98 Å². The smallest absolute Gasteiger partial charge is 0.257 e. The van der Waals surface area contributed by atoms with Crippen molar-refractivity contribution in [2.75, 3.05) is 13.1 Å².